The van der Waals surface area contributed by atoms with Crippen LogP contribution in [0.15, 0.2) is 183 Å². The van der Waals surface area contributed by atoms with Crippen LogP contribution in [0.5, 0.6) is 46.0 Å². The summed E-state index contributed by atoms with van der Waals surface area (Å²) >= 11 is 0. The molecule has 0 spiro atoms. The molecule has 0 bridgehead atoms. The van der Waals surface area contributed by atoms with Crippen LogP contribution >= 0.6 is 0 Å². The Kier molecular flexibility index (Phi) is 14.6. The zero-order valence-electron chi connectivity index (χ0n) is 31.6. The Bertz CT molecular complexity index is 2200. The second kappa shape index (κ2) is 21.0. The third-order valence-electron chi connectivity index (χ3n) is 8.29. The minimum Gasteiger partial charge on any atom is -0.490 e. The number of para-hydroxylation sites is 3. The van der Waals surface area contributed by atoms with Crippen molar-refractivity contribution < 1.29 is 47.5 Å². The first-order valence-corrected chi connectivity index (χ1v) is 18.5. The fraction of sp³-hybridized carbons (Fsp3) is 0.125. The molecule has 58 heavy (non-hydrogen) atoms. The van der Waals surface area contributed by atoms with Gasteiger partial charge in [0.25, 0.3) is 0 Å². The van der Waals surface area contributed by atoms with Crippen LogP contribution in [0.1, 0.15) is 0 Å². The molecule has 0 aliphatic carbocycles. The number of hydrogen-bond donors (Lipinski definition) is 0. The van der Waals surface area contributed by atoms with E-state index in [0.29, 0.717) is 34.5 Å². The highest BCUT2D eigenvalue weighted by Crippen LogP contribution is 2.32. The summed E-state index contributed by atoms with van der Waals surface area (Å²) in [6.07, 6.45) is 0.729. The summed E-state index contributed by atoms with van der Waals surface area (Å²) in [6, 6.07) is 48.1. The van der Waals surface area contributed by atoms with Gasteiger partial charge in [-0.1, -0.05) is 79.9 Å². The number of carbonyl (C=O) groups is 2. The molecule has 0 amide bonds. The van der Waals surface area contributed by atoms with Crippen molar-refractivity contribution >= 4 is 11.9 Å². The maximum Gasteiger partial charge on any atom is 0.330 e. The molecule has 0 fully saturated rings. The highest BCUT2D eigenvalue weighted by Gasteiger charge is 2.18. The zero-order valence-corrected chi connectivity index (χ0v) is 31.6. The average Bonchev–Trinajstić information content (AvgIpc) is 3.27. The van der Waals surface area contributed by atoms with Gasteiger partial charge in [-0.2, -0.15) is 0 Å². The van der Waals surface area contributed by atoms with Crippen LogP contribution in [-0.2, 0) is 19.1 Å². The van der Waals surface area contributed by atoms with Gasteiger partial charge in [0.05, 0.1) is 0 Å². The minimum atomic E-state index is -0.741. The molecule has 2 atom stereocenters. The Morgan fingerprint density at radius 3 is 1.19 bits per heavy atom. The van der Waals surface area contributed by atoms with Gasteiger partial charge >= 0.3 is 11.9 Å². The van der Waals surface area contributed by atoms with E-state index in [-0.39, 0.29) is 26.4 Å². The summed E-state index contributed by atoms with van der Waals surface area (Å²) in [5.74, 6) is 3.85. The molecule has 2 unspecified atom stereocenters. The molecular formula is C48H42O10. The summed E-state index contributed by atoms with van der Waals surface area (Å²) < 4.78 is 46.8. The summed E-state index contributed by atoms with van der Waals surface area (Å²) in [5, 5.41) is 0. The number of hydrogen-bond acceptors (Lipinski definition) is 10. The third-order valence-corrected chi connectivity index (χ3v) is 8.29. The second-order valence-electron chi connectivity index (χ2n) is 12.6. The summed E-state index contributed by atoms with van der Waals surface area (Å²) in [6.45, 7) is 7.15. The van der Waals surface area contributed by atoms with E-state index >= 15 is 0 Å². The molecule has 6 aromatic rings. The van der Waals surface area contributed by atoms with Crippen LogP contribution in [0, 0.1) is 0 Å². The molecule has 6 rings (SSSR count). The lowest BCUT2D eigenvalue weighted by Gasteiger charge is -2.20. The van der Waals surface area contributed by atoms with Crippen molar-refractivity contribution in [2.45, 2.75) is 12.2 Å². The van der Waals surface area contributed by atoms with Crippen LogP contribution in [-0.4, -0.2) is 50.6 Å². The molecule has 0 aliphatic heterocycles. The van der Waals surface area contributed by atoms with Crippen molar-refractivity contribution in [1.82, 2.24) is 0 Å². The monoisotopic (exact) mass is 778 g/mol. The Hall–Kier alpha value is -7.46. The number of benzene rings is 6. The van der Waals surface area contributed by atoms with E-state index < -0.39 is 24.1 Å². The maximum absolute atomic E-state index is 12.2. The molecule has 0 radical (unpaired) electrons. The van der Waals surface area contributed by atoms with Gasteiger partial charge < -0.3 is 37.9 Å². The largest absolute Gasteiger partial charge is 0.490 e. The van der Waals surface area contributed by atoms with Gasteiger partial charge in [0.15, 0.2) is 12.2 Å². The number of esters is 2. The van der Waals surface area contributed by atoms with Crippen molar-refractivity contribution in [3.05, 3.63) is 183 Å². The first-order valence-electron chi connectivity index (χ1n) is 18.5. The van der Waals surface area contributed by atoms with E-state index in [1.54, 1.807) is 48.5 Å². The Balaban J connectivity index is 1.02. The first-order chi connectivity index (χ1) is 28.4. The van der Waals surface area contributed by atoms with Crippen LogP contribution in [0.2, 0.25) is 0 Å². The van der Waals surface area contributed by atoms with Crippen LogP contribution in [0.25, 0.3) is 11.1 Å². The first kappa shape index (κ1) is 40.2. The predicted octanol–water partition coefficient (Wildman–Crippen LogP) is 10.0. The summed E-state index contributed by atoms with van der Waals surface area (Å²) in [5.41, 5.74) is 1.67. The average molecular weight is 779 g/mol. The van der Waals surface area contributed by atoms with Gasteiger partial charge in [0.1, 0.15) is 72.4 Å². The third kappa shape index (κ3) is 12.5. The summed E-state index contributed by atoms with van der Waals surface area (Å²) in [7, 11) is 0. The van der Waals surface area contributed by atoms with Crippen molar-refractivity contribution in [2.24, 2.45) is 0 Å². The lowest BCUT2D eigenvalue weighted by molar-refractivity contribution is -0.147. The highest BCUT2D eigenvalue weighted by molar-refractivity contribution is 5.81. The van der Waals surface area contributed by atoms with Gasteiger partial charge in [-0.3, -0.25) is 0 Å². The molecule has 294 valence electrons. The van der Waals surface area contributed by atoms with E-state index in [2.05, 4.69) is 13.2 Å². The van der Waals surface area contributed by atoms with Gasteiger partial charge in [0, 0.05) is 17.7 Å². The predicted molar refractivity (Wildman–Crippen MR) is 220 cm³/mol. The van der Waals surface area contributed by atoms with Crippen molar-refractivity contribution in [3.8, 4) is 57.1 Å². The molecule has 10 nitrogen and oxygen atoms in total. The molecule has 0 saturated heterocycles. The SMILES string of the molecule is C=CC(=O)OC(COc1ccc(Oc2ccccc2)cc1)COc1ccc(-c2ccccc2OCC(COc2ccc(Oc3ccccc3)cc2)OC(=O)C=C)cc1. The Labute approximate surface area is 337 Å². The standard InChI is InChI=1S/C48H42O10/c1-3-47(49)57-43(32-52-37-23-27-41(28-24-37)55-39-13-7-5-8-14-39)31-51-36-21-19-35(20-22-36)45-17-11-12-18-46(45)54-34-44(58-48(50)4-2)33-53-38-25-29-42(30-26-38)56-40-15-9-6-10-16-40/h3-30,43-44H,1-2,31-34H2. The molecule has 0 N–H and O–H groups in total. The van der Waals surface area contributed by atoms with Crippen molar-refractivity contribution in [2.75, 3.05) is 26.4 Å². The summed E-state index contributed by atoms with van der Waals surface area (Å²) in [4.78, 5) is 24.3. The smallest absolute Gasteiger partial charge is 0.330 e. The topological polar surface area (TPSA) is 108 Å². The lowest BCUT2D eigenvalue weighted by Crippen LogP contribution is -2.30. The molecule has 0 aromatic heterocycles. The molecule has 0 saturated carbocycles. The minimum absolute atomic E-state index is 0.0193. The van der Waals surface area contributed by atoms with Crippen LogP contribution in [0.4, 0.5) is 0 Å². The van der Waals surface area contributed by atoms with E-state index in [4.69, 9.17) is 37.9 Å². The van der Waals surface area contributed by atoms with E-state index in [1.165, 1.54) is 0 Å². The Morgan fingerprint density at radius 1 is 0.414 bits per heavy atom. The van der Waals surface area contributed by atoms with Gasteiger partial charge in [-0.05, 0) is 96.6 Å². The molecule has 10 heteroatoms. The number of ether oxygens (including phenoxy) is 8. The van der Waals surface area contributed by atoms with E-state index in [9.17, 15) is 9.59 Å². The van der Waals surface area contributed by atoms with E-state index in [0.717, 1.165) is 34.8 Å². The second-order valence-corrected chi connectivity index (χ2v) is 12.6. The van der Waals surface area contributed by atoms with Gasteiger partial charge in [0.2, 0.25) is 0 Å². The number of rotatable bonds is 21. The van der Waals surface area contributed by atoms with Gasteiger partial charge in [-0.25, -0.2) is 9.59 Å². The molecule has 6 aromatic carbocycles. The van der Waals surface area contributed by atoms with Gasteiger partial charge in [-0.15, -0.1) is 0 Å². The van der Waals surface area contributed by atoms with E-state index in [1.807, 2.05) is 109 Å². The zero-order chi connectivity index (χ0) is 40.4. The molecule has 0 heterocycles. The Morgan fingerprint density at radius 2 is 0.759 bits per heavy atom. The fourth-order valence-corrected chi connectivity index (χ4v) is 5.43. The highest BCUT2D eigenvalue weighted by atomic mass is 16.6. The normalized spacial score (nSPS) is 11.5. The van der Waals surface area contributed by atoms with Crippen LogP contribution in [0.3, 0.4) is 0 Å². The van der Waals surface area contributed by atoms with Crippen molar-refractivity contribution in [1.29, 1.82) is 0 Å². The van der Waals surface area contributed by atoms with Crippen LogP contribution < -0.4 is 28.4 Å². The lowest BCUT2D eigenvalue weighted by atomic mass is 10.0. The molecule has 0 aliphatic rings. The quantitative estimate of drug-likeness (QED) is 0.0518. The fourth-order valence-electron chi connectivity index (χ4n) is 5.43. The van der Waals surface area contributed by atoms with Crippen molar-refractivity contribution in [3.63, 3.8) is 0 Å². The number of carbonyl (C=O) groups excluding carboxylic acids is 2. The maximum atomic E-state index is 12.2. The molecular weight excluding hydrogens is 737 g/mol.